The Bertz CT molecular complexity index is 849. The molecule has 0 saturated heterocycles. The SMILES string of the molecule is O=C(Nc1cccc(Br)c1)c1sc2cc(F)ccc2c1Cl. The second-order valence-corrected chi connectivity index (χ2v) is 6.70. The van der Waals surface area contributed by atoms with Crippen molar-refractivity contribution in [1.29, 1.82) is 0 Å². The quantitative estimate of drug-likeness (QED) is 0.602. The summed E-state index contributed by atoms with van der Waals surface area (Å²) in [5.74, 6) is -0.654. The number of benzene rings is 2. The molecule has 21 heavy (non-hydrogen) atoms. The van der Waals surface area contributed by atoms with Crippen LogP contribution in [0, 0.1) is 5.82 Å². The van der Waals surface area contributed by atoms with Crippen molar-refractivity contribution in [1.82, 2.24) is 0 Å². The summed E-state index contributed by atoms with van der Waals surface area (Å²) >= 11 is 10.7. The fourth-order valence-electron chi connectivity index (χ4n) is 1.94. The van der Waals surface area contributed by atoms with Crippen molar-refractivity contribution in [3.8, 4) is 0 Å². The lowest BCUT2D eigenvalue weighted by atomic mass is 10.2. The Hall–Kier alpha value is -1.43. The van der Waals surface area contributed by atoms with E-state index in [4.69, 9.17) is 11.6 Å². The van der Waals surface area contributed by atoms with Crippen LogP contribution in [0.2, 0.25) is 5.02 Å². The standard InChI is InChI=1S/C15H8BrClFNOS/c16-8-2-1-3-10(6-8)19-15(20)14-13(17)11-5-4-9(18)7-12(11)21-14/h1-7H,(H,19,20). The minimum Gasteiger partial charge on any atom is -0.321 e. The molecule has 0 aliphatic heterocycles. The lowest BCUT2D eigenvalue weighted by molar-refractivity contribution is 0.103. The van der Waals surface area contributed by atoms with Gasteiger partial charge in [0.05, 0.1) is 5.02 Å². The third kappa shape index (κ3) is 2.95. The van der Waals surface area contributed by atoms with Gasteiger partial charge in [-0.05, 0) is 36.4 Å². The first-order valence-corrected chi connectivity index (χ1v) is 7.98. The summed E-state index contributed by atoms with van der Waals surface area (Å²) in [6.07, 6.45) is 0. The van der Waals surface area contributed by atoms with Crippen LogP contribution in [-0.2, 0) is 0 Å². The molecule has 106 valence electrons. The molecule has 0 fully saturated rings. The molecule has 6 heteroatoms. The van der Waals surface area contributed by atoms with Crippen LogP contribution in [-0.4, -0.2) is 5.91 Å². The minimum absolute atomic E-state index is 0.306. The van der Waals surface area contributed by atoms with Crippen molar-refractivity contribution in [2.45, 2.75) is 0 Å². The van der Waals surface area contributed by atoms with Crippen LogP contribution >= 0.6 is 38.9 Å². The molecule has 0 radical (unpaired) electrons. The van der Waals surface area contributed by atoms with Crippen LogP contribution in [0.1, 0.15) is 9.67 Å². The normalized spacial score (nSPS) is 10.8. The molecule has 3 aromatic rings. The summed E-state index contributed by atoms with van der Waals surface area (Å²) in [5.41, 5.74) is 0.661. The zero-order chi connectivity index (χ0) is 15.0. The molecule has 3 rings (SSSR count). The number of anilines is 1. The van der Waals surface area contributed by atoms with Gasteiger partial charge in [-0.1, -0.05) is 33.6 Å². The van der Waals surface area contributed by atoms with Crippen molar-refractivity contribution in [3.63, 3.8) is 0 Å². The summed E-state index contributed by atoms with van der Waals surface area (Å²) in [4.78, 5) is 12.7. The average molecular weight is 385 g/mol. The molecule has 0 aliphatic rings. The number of amides is 1. The molecular weight excluding hydrogens is 377 g/mol. The van der Waals surface area contributed by atoms with Crippen LogP contribution in [0.25, 0.3) is 10.1 Å². The van der Waals surface area contributed by atoms with E-state index in [-0.39, 0.29) is 11.7 Å². The van der Waals surface area contributed by atoms with Crippen molar-refractivity contribution in [3.05, 3.63) is 62.7 Å². The van der Waals surface area contributed by atoms with Gasteiger partial charge >= 0.3 is 0 Å². The van der Waals surface area contributed by atoms with Crippen molar-refractivity contribution < 1.29 is 9.18 Å². The van der Waals surface area contributed by atoms with Crippen LogP contribution < -0.4 is 5.32 Å². The van der Waals surface area contributed by atoms with Gasteiger partial charge in [0, 0.05) is 20.2 Å². The zero-order valence-corrected chi connectivity index (χ0v) is 13.7. The molecule has 0 bridgehead atoms. The Morgan fingerprint density at radius 3 is 2.81 bits per heavy atom. The highest BCUT2D eigenvalue weighted by Gasteiger charge is 2.17. The molecule has 1 heterocycles. The molecule has 0 aliphatic carbocycles. The second kappa shape index (κ2) is 5.75. The second-order valence-electron chi connectivity index (χ2n) is 4.35. The molecule has 2 aromatic carbocycles. The van der Waals surface area contributed by atoms with Gasteiger partial charge in [-0.25, -0.2) is 4.39 Å². The largest absolute Gasteiger partial charge is 0.321 e. The Labute approximate surface area is 137 Å². The summed E-state index contributed by atoms with van der Waals surface area (Å²) in [5, 5.41) is 3.81. The van der Waals surface area contributed by atoms with E-state index >= 15 is 0 Å². The monoisotopic (exact) mass is 383 g/mol. The summed E-state index contributed by atoms with van der Waals surface area (Å²) in [6, 6.07) is 11.5. The smallest absolute Gasteiger partial charge is 0.267 e. The zero-order valence-electron chi connectivity index (χ0n) is 10.5. The van der Waals surface area contributed by atoms with Crippen LogP contribution in [0.4, 0.5) is 10.1 Å². The van der Waals surface area contributed by atoms with E-state index in [1.807, 2.05) is 12.1 Å². The van der Waals surface area contributed by atoms with Crippen LogP contribution in [0.15, 0.2) is 46.9 Å². The van der Waals surface area contributed by atoms with Crippen molar-refractivity contribution >= 4 is 60.5 Å². The maximum absolute atomic E-state index is 13.2. The summed E-state index contributed by atoms with van der Waals surface area (Å²) < 4.78 is 14.7. The van der Waals surface area contributed by atoms with Gasteiger partial charge in [-0.2, -0.15) is 0 Å². The number of thiophene rings is 1. The highest BCUT2D eigenvalue weighted by Crippen LogP contribution is 2.36. The Kier molecular flexibility index (Phi) is 3.97. The third-order valence-corrected chi connectivity index (χ3v) is 5.03. The maximum atomic E-state index is 13.2. The maximum Gasteiger partial charge on any atom is 0.267 e. The molecule has 0 unspecified atom stereocenters. The number of hydrogen-bond donors (Lipinski definition) is 1. The lowest BCUT2D eigenvalue weighted by Gasteiger charge is -2.04. The predicted molar refractivity (Wildman–Crippen MR) is 88.9 cm³/mol. The molecule has 2 nitrogen and oxygen atoms in total. The molecule has 1 N–H and O–H groups in total. The van der Waals surface area contributed by atoms with Gasteiger partial charge in [0.2, 0.25) is 0 Å². The molecule has 1 aromatic heterocycles. The lowest BCUT2D eigenvalue weighted by Crippen LogP contribution is -2.10. The average Bonchev–Trinajstić information content (AvgIpc) is 2.75. The van der Waals surface area contributed by atoms with E-state index in [1.165, 1.54) is 23.5 Å². The highest BCUT2D eigenvalue weighted by molar-refractivity contribution is 9.10. The van der Waals surface area contributed by atoms with E-state index in [1.54, 1.807) is 18.2 Å². The predicted octanol–water partition coefficient (Wildman–Crippen LogP) is 5.71. The third-order valence-electron chi connectivity index (χ3n) is 2.88. The van der Waals surface area contributed by atoms with Crippen molar-refractivity contribution in [2.75, 3.05) is 5.32 Å². The summed E-state index contributed by atoms with van der Waals surface area (Å²) in [6.45, 7) is 0. The van der Waals surface area contributed by atoms with Crippen LogP contribution in [0.3, 0.4) is 0 Å². The number of hydrogen-bond acceptors (Lipinski definition) is 2. The van der Waals surface area contributed by atoms with Gasteiger partial charge in [0.25, 0.3) is 5.91 Å². The first-order chi connectivity index (χ1) is 10.0. The Balaban J connectivity index is 1.96. The molecule has 1 amide bonds. The van der Waals surface area contributed by atoms with E-state index in [9.17, 15) is 9.18 Å². The van der Waals surface area contributed by atoms with Gasteiger partial charge < -0.3 is 5.32 Å². The molecular formula is C15H8BrClFNOS. The molecule has 0 atom stereocenters. The number of halogens is 3. The minimum atomic E-state index is -0.348. The van der Waals surface area contributed by atoms with Gasteiger partial charge in [-0.3, -0.25) is 4.79 Å². The number of carbonyl (C=O) groups is 1. The number of carbonyl (C=O) groups excluding carboxylic acids is 1. The Morgan fingerprint density at radius 1 is 1.24 bits per heavy atom. The molecule has 0 saturated carbocycles. The summed E-state index contributed by atoms with van der Waals surface area (Å²) in [7, 11) is 0. The fraction of sp³-hybridized carbons (Fsp3) is 0. The van der Waals surface area contributed by atoms with Gasteiger partial charge in [0.1, 0.15) is 10.7 Å². The van der Waals surface area contributed by atoms with Crippen LogP contribution in [0.5, 0.6) is 0 Å². The number of nitrogens with one attached hydrogen (secondary N) is 1. The van der Waals surface area contributed by atoms with E-state index in [0.29, 0.717) is 25.7 Å². The van der Waals surface area contributed by atoms with Gasteiger partial charge in [-0.15, -0.1) is 11.3 Å². The first kappa shape index (κ1) is 14.5. The number of fused-ring (bicyclic) bond motifs is 1. The Morgan fingerprint density at radius 2 is 2.05 bits per heavy atom. The molecule has 0 spiro atoms. The number of rotatable bonds is 2. The topological polar surface area (TPSA) is 29.1 Å². The van der Waals surface area contributed by atoms with E-state index in [2.05, 4.69) is 21.2 Å². The van der Waals surface area contributed by atoms with E-state index < -0.39 is 0 Å². The highest BCUT2D eigenvalue weighted by atomic mass is 79.9. The first-order valence-electron chi connectivity index (χ1n) is 5.99. The van der Waals surface area contributed by atoms with Crippen molar-refractivity contribution in [2.24, 2.45) is 0 Å². The van der Waals surface area contributed by atoms with E-state index in [0.717, 1.165) is 4.47 Å². The fourth-order valence-corrected chi connectivity index (χ4v) is 3.78. The van der Waals surface area contributed by atoms with Gasteiger partial charge in [0.15, 0.2) is 0 Å².